The first-order valence-electron chi connectivity index (χ1n) is 7.30. The van der Waals surface area contributed by atoms with Crippen molar-refractivity contribution in [1.29, 1.82) is 0 Å². The molecule has 0 amide bonds. The van der Waals surface area contributed by atoms with E-state index in [1.54, 1.807) is 23.0 Å². The van der Waals surface area contributed by atoms with Crippen molar-refractivity contribution in [1.82, 2.24) is 14.7 Å². The van der Waals surface area contributed by atoms with Gasteiger partial charge in [0.15, 0.2) is 0 Å². The third-order valence-corrected chi connectivity index (χ3v) is 3.92. The zero-order valence-electron chi connectivity index (χ0n) is 12.4. The number of rotatable bonds is 4. The number of ether oxygens (including phenoxy) is 1. The van der Waals surface area contributed by atoms with Crippen LogP contribution >= 0.6 is 0 Å². The van der Waals surface area contributed by atoms with Crippen molar-refractivity contribution in [3.63, 3.8) is 0 Å². The van der Waals surface area contributed by atoms with Crippen LogP contribution in [0.15, 0.2) is 36.5 Å². The van der Waals surface area contributed by atoms with Crippen molar-refractivity contribution in [2.24, 2.45) is 0 Å². The molecule has 0 bridgehead atoms. The second-order valence-electron chi connectivity index (χ2n) is 5.38. The largest absolute Gasteiger partial charge is 0.468 e. The van der Waals surface area contributed by atoms with E-state index < -0.39 is 0 Å². The number of benzene rings is 1. The molecule has 1 fully saturated rings. The van der Waals surface area contributed by atoms with Crippen LogP contribution in [-0.4, -0.2) is 40.3 Å². The van der Waals surface area contributed by atoms with E-state index in [-0.39, 0.29) is 17.8 Å². The molecule has 0 spiro atoms. The molecular weight excluding hydrogens is 285 g/mol. The maximum absolute atomic E-state index is 13.3. The standard InChI is InChI=1S/C16H18FN3O2/c1-22-16(21)15-6-3-8-19(15)11-13-7-9-20(18-13)14-5-2-4-12(17)10-14/h2,4-5,7,9-10,15H,3,6,8,11H2,1H3/t15-/m1/s1. The van der Waals surface area contributed by atoms with E-state index in [2.05, 4.69) is 10.00 Å². The van der Waals surface area contributed by atoms with Gasteiger partial charge in [0, 0.05) is 12.7 Å². The zero-order valence-corrected chi connectivity index (χ0v) is 12.4. The number of halogens is 1. The van der Waals surface area contributed by atoms with Crippen LogP contribution in [0, 0.1) is 5.82 Å². The number of hydrogen-bond acceptors (Lipinski definition) is 4. The van der Waals surface area contributed by atoms with Crippen LogP contribution in [0.4, 0.5) is 4.39 Å². The van der Waals surface area contributed by atoms with Crippen molar-refractivity contribution in [3.05, 3.63) is 48.0 Å². The number of nitrogens with zero attached hydrogens (tertiary/aromatic N) is 3. The van der Waals surface area contributed by atoms with E-state index in [0.717, 1.165) is 25.1 Å². The quantitative estimate of drug-likeness (QED) is 0.812. The van der Waals surface area contributed by atoms with Gasteiger partial charge in [-0.2, -0.15) is 5.10 Å². The van der Waals surface area contributed by atoms with Crippen LogP contribution in [0.25, 0.3) is 5.69 Å². The molecule has 116 valence electrons. The molecule has 0 radical (unpaired) electrons. The van der Waals surface area contributed by atoms with Crippen LogP contribution < -0.4 is 0 Å². The fourth-order valence-corrected chi connectivity index (χ4v) is 2.83. The Morgan fingerprint density at radius 2 is 2.32 bits per heavy atom. The Morgan fingerprint density at radius 1 is 1.45 bits per heavy atom. The zero-order chi connectivity index (χ0) is 15.5. The Bertz CT molecular complexity index is 671. The number of likely N-dealkylation sites (tertiary alicyclic amines) is 1. The minimum Gasteiger partial charge on any atom is -0.468 e. The van der Waals surface area contributed by atoms with Crippen LogP contribution in [0.3, 0.4) is 0 Å². The van der Waals surface area contributed by atoms with Crippen LogP contribution in [0.5, 0.6) is 0 Å². The third kappa shape index (κ3) is 3.01. The summed E-state index contributed by atoms with van der Waals surface area (Å²) in [5, 5.41) is 4.46. The lowest BCUT2D eigenvalue weighted by molar-refractivity contribution is -0.146. The topological polar surface area (TPSA) is 47.4 Å². The fourth-order valence-electron chi connectivity index (χ4n) is 2.83. The van der Waals surface area contributed by atoms with Gasteiger partial charge >= 0.3 is 5.97 Å². The molecule has 5 nitrogen and oxygen atoms in total. The van der Waals surface area contributed by atoms with Crippen LogP contribution in [0.2, 0.25) is 0 Å². The number of carbonyl (C=O) groups excluding carboxylic acids is 1. The summed E-state index contributed by atoms with van der Waals surface area (Å²) in [6.45, 7) is 1.44. The molecule has 3 rings (SSSR count). The summed E-state index contributed by atoms with van der Waals surface area (Å²) >= 11 is 0. The molecule has 1 aliphatic rings. The fraction of sp³-hybridized carbons (Fsp3) is 0.375. The lowest BCUT2D eigenvalue weighted by Crippen LogP contribution is -2.36. The van der Waals surface area contributed by atoms with E-state index in [4.69, 9.17) is 4.74 Å². The predicted octanol–water partition coefficient (Wildman–Crippen LogP) is 2.15. The summed E-state index contributed by atoms with van der Waals surface area (Å²) in [6.07, 6.45) is 3.59. The minimum atomic E-state index is -0.292. The highest BCUT2D eigenvalue weighted by Gasteiger charge is 2.31. The molecule has 0 saturated carbocycles. The van der Waals surface area contributed by atoms with E-state index in [0.29, 0.717) is 12.2 Å². The normalized spacial score (nSPS) is 18.5. The Balaban J connectivity index is 1.73. The van der Waals surface area contributed by atoms with Gasteiger partial charge in [0.25, 0.3) is 0 Å². The summed E-state index contributed by atoms with van der Waals surface area (Å²) in [4.78, 5) is 13.8. The summed E-state index contributed by atoms with van der Waals surface area (Å²) in [5.41, 5.74) is 1.53. The molecule has 1 saturated heterocycles. The van der Waals surface area contributed by atoms with Gasteiger partial charge in [0.05, 0.1) is 18.5 Å². The van der Waals surface area contributed by atoms with Crippen molar-refractivity contribution in [3.8, 4) is 5.69 Å². The number of hydrogen-bond donors (Lipinski definition) is 0. The van der Waals surface area contributed by atoms with E-state index in [1.165, 1.54) is 19.2 Å². The third-order valence-electron chi connectivity index (χ3n) is 3.92. The number of esters is 1. The summed E-state index contributed by atoms with van der Waals surface area (Å²) in [5.74, 6) is -0.484. The van der Waals surface area contributed by atoms with Gasteiger partial charge in [-0.05, 0) is 43.7 Å². The van der Waals surface area contributed by atoms with Gasteiger partial charge < -0.3 is 4.74 Å². The first-order valence-corrected chi connectivity index (χ1v) is 7.30. The highest BCUT2D eigenvalue weighted by Crippen LogP contribution is 2.21. The van der Waals surface area contributed by atoms with Crippen LogP contribution in [0.1, 0.15) is 18.5 Å². The maximum Gasteiger partial charge on any atom is 0.323 e. The second kappa shape index (κ2) is 6.27. The Labute approximate surface area is 128 Å². The number of aromatic nitrogens is 2. The average Bonchev–Trinajstić information content (AvgIpc) is 3.16. The first-order chi connectivity index (χ1) is 10.7. The first kappa shape index (κ1) is 14.7. The molecule has 1 aromatic carbocycles. The highest BCUT2D eigenvalue weighted by molar-refractivity contribution is 5.75. The Hall–Kier alpha value is -2.21. The molecule has 22 heavy (non-hydrogen) atoms. The van der Waals surface area contributed by atoms with Gasteiger partial charge in [0.2, 0.25) is 0 Å². The lowest BCUT2D eigenvalue weighted by atomic mass is 10.2. The minimum absolute atomic E-state index is 0.190. The second-order valence-corrected chi connectivity index (χ2v) is 5.38. The van der Waals surface area contributed by atoms with Crippen molar-refractivity contribution >= 4 is 5.97 Å². The number of methoxy groups -OCH3 is 1. The van der Waals surface area contributed by atoms with Crippen molar-refractivity contribution < 1.29 is 13.9 Å². The SMILES string of the molecule is COC(=O)[C@H]1CCCN1Cc1ccn(-c2cccc(F)c2)n1. The van der Waals surface area contributed by atoms with E-state index >= 15 is 0 Å². The lowest BCUT2D eigenvalue weighted by Gasteiger charge is -2.21. The van der Waals surface area contributed by atoms with Crippen molar-refractivity contribution in [2.45, 2.75) is 25.4 Å². The van der Waals surface area contributed by atoms with E-state index in [1.807, 2.05) is 6.07 Å². The molecule has 1 aliphatic heterocycles. The molecule has 2 aromatic rings. The van der Waals surface area contributed by atoms with E-state index in [9.17, 15) is 9.18 Å². The molecule has 0 unspecified atom stereocenters. The molecule has 0 N–H and O–H groups in total. The monoisotopic (exact) mass is 303 g/mol. The maximum atomic E-state index is 13.3. The molecule has 2 heterocycles. The van der Waals surface area contributed by atoms with Gasteiger partial charge in [0.1, 0.15) is 11.9 Å². The summed E-state index contributed by atoms with van der Waals surface area (Å²) in [6, 6.07) is 7.98. The molecular formula is C16H18FN3O2. The van der Waals surface area contributed by atoms with Gasteiger partial charge in [-0.3, -0.25) is 9.69 Å². The molecule has 1 aromatic heterocycles. The number of carbonyl (C=O) groups is 1. The van der Waals surface area contributed by atoms with Gasteiger partial charge in [-0.25, -0.2) is 9.07 Å². The highest BCUT2D eigenvalue weighted by atomic mass is 19.1. The van der Waals surface area contributed by atoms with Crippen molar-refractivity contribution in [2.75, 3.05) is 13.7 Å². The summed E-state index contributed by atoms with van der Waals surface area (Å²) < 4.78 is 19.7. The molecule has 6 heteroatoms. The Kier molecular flexibility index (Phi) is 4.20. The molecule has 1 atom stereocenters. The smallest absolute Gasteiger partial charge is 0.323 e. The molecule has 0 aliphatic carbocycles. The average molecular weight is 303 g/mol. The summed E-state index contributed by atoms with van der Waals surface area (Å²) in [7, 11) is 1.41. The Morgan fingerprint density at radius 3 is 3.09 bits per heavy atom. The predicted molar refractivity (Wildman–Crippen MR) is 79.0 cm³/mol. The van der Waals surface area contributed by atoms with Crippen LogP contribution in [-0.2, 0) is 16.1 Å². The van der Waals surface area contributed by atoms with Gasteiger partial charge in [-0.15, -0.1) is 0 Å². The van der Waals surface area contributed by atoms with Gasteiger partial charge in [-0.1, -0.05) is 6.07 Å².